The summed E-state index contributed by atoms with van der Waals surface area (Å²) in [6.45, 7) is 4.98. The Morgan fingerprint density at radius 3 is 2.26 bits per heavy atom. The first-order chi connectivity index (χ1) is 14.4. The second kappa shape index (κ2) is 9.20. The van der Waals surface area contributed by atoms with E-state index in [1.165, 1.54) is 6.07 Å². The highest BCUT2D eigenvalue weighted by Gasteiger charge is 2.32. The van der Waals surface area contributed by atoms with Crippen molar-refractivity contribution in [2.75, 3.05) is 0 Å². The highest BCUT2D eigenvalue weighted by atomic mass is 16.6. The zero-order chi connectivity index (χ0) is 23.3. The number of benzene rings is 2. The third kappa shape index (κ3) is 5.98. The van der Waals surface area contributed by atoms with E-state index in [0.29, 0.717) is 5.56 Å². The molecular weight excluding hydrogens is 410 g/mol. The summed E-state index contributed by atoms with van der Waals surface area (Å²) in [5.41, 5.74) is -1.56. The first kappa shape index (κ1) is 23.3. The van der Waals surface area contributed by atoms with E-state index in [1.54, 1.807) is 39.0 Å². The molecule has 2 aromatic carbocycles. The molecule has 11 nitrogen and oxygen atoms in total. The van der Waals surface area contributed by atoms with Crippen LogP contribution in [0.2, 0.25) is 0 Å². The molecule has 0 spiro atoms. The largest absolute Gasteiger partial charge is 0.481 e. The molecule has 0 saturated heterocycles. The van der Waals surface area contributed by atoms with Gasteiger partial charge in [0, 0.05) is 18.2 Å². The van der Waals surface area contributed by atoms with E-state index >= 15 is 0 Å². The number of hydrogen-bond acceptors (Lipinski definition) is 7. The van der Waals surface area contributed by atoms with Crippen LogP contribution >= 0.6 is 0 Å². The van der Waals surface area contributed by atoms with Crippen LogP contribution in [0.4, 0.5) is 16.2 Å². The van der Waals surface area contributed by atoms with Gasteiger partial charge in [-0.3, -0.25) is 25.0 Å². The van der Waals surface area contributed by atoms with Crippen molar-refractivity contribution in [3.63, 3.8) is 0 Å². The number of nitro benzene ring substituents is 2. The quantitative estimate of drug-likeness (QED) is 0.495. The summed E-state index contributed by atoms with van der Waals surface area (Å²) < 4.78 is 5.16. The van der Waals surface area contributed by atoms with Crippen LogP contribution < -0.4 is 5.32 Å². The lowest BCUT2D eigenvalue weighted by Crippen LogP contribution is -2.32. The number of rotatable bonds is 7. The second-order valence-electron chi connectivity index (χ2n) is 7.58. The van der Waals surface area contributed by atoms with E-state index in [0.717, 1.165) is 18.2 Å². The lowest BCUT2D eigenvalue weighted by Gasteiger charge is -2.21. The number of amides is 1. The van der Waals surface area contributed by atoms with Crippen LogP contribution in [0.15, 0.2) is 42.5 Å². The molecule has 164 valence electrons. The Morgan fingerprint density at radius 2 is 1.71 bits per heavy atom. The van der Waals surface area contributed by atoms with Crippen molar-refractivity contribution < 1.29 is 29.3 Å². The molecule has 0 radical (unpaired) electrons. The maximum Gasteiger partial charge on any atom is 0.407 e. The molecule has 2 N–H and O–H groups in total. The molecule has 11 heteroatoms. The fourth-order valence-electron chi connectivity index (χ4n) is 2.94. The van der Waals surface area contributed by atoms with Gasteiger partial charge in [-0.1, -0.05) is 24.3 Å². The molecule has 31 heavy (non-hydrogen) atoms. The van der Waals surface area contributed by atoms with E-state index in [2.05, 4.69) is 5.32 Å². The van der Waals surface area contributed by atoms with Crippen LogP contribution in [0.3, 0.4) is 0 Å². The Kier molecular flexibility index (Phi) is 6.90. The maximum atomic E-state index is 12.1. The van der Waals surface area contributed by atoms with Crippen LogP contribution in [0, 0.1) is 20.2 Å². The number of carboxylic acid groups (broad SMARTS) is 1. The minimum atomic E-state index is -1.49. The summed E-state index contributed by atoms with van der Waals surface area (Å²) in [5.74, 6) is -2.88. The van der Waals surface area contributed by atoms with Crippen LogP contribution in [0.25, 0.3) is 0 Å². The van der Waals surface area contributed by atoms with E-state index in [-0.39, 0.29) is 17.7 Å². The topological polar surface area (TPSA) is 162 Å². The number of carbonyl (C=O) groups is 2. The predicted octanol–water partition coefficient (Wildman–Crippen LogP) is 3.74. The molecular formula is C20H21N3O8. The monoisotopic (exact) mass is 431 g/mol. The van der Waals surface area contributed by atoms with Crippen LogP contribution in [0.1, 0.15) is 43.4 Å². The number of carboxylic acids is 1. The van der Waals surface area contributed by atoms with Gasteiger partial charge in [-0.15, -0.1) is 0 Å². The van der Waals surface area contributed by atoms with Gasteiger partial charge in [-0.25, -0.2) is 4.79 Å². The van der Waals surface area contributed by atoms with Crippen LogP contribution in [-0.4, -0.2) is 32.6 Å². The number of carbonyl (C=O) groups excluding carboxylic acids is 1. The molecule has 0 bridgehead atoms. The number of hydrogen-bond donors (Lipinski definition) is 2. The molecule has 0 heterocycles. The number of aliphatic carboxylic acids is 1. The van der Waals surface area contributed by atoms with Gasteiger partial charge < -0.3 is 15.2 Å². The van der Waals surface area contributed by atoms with Crippen molar-refractivity contribution in [1.29, 1.82) is 0 Å². The average Bonchev–Trinajstić information content (AvgIpc) is 2.65. The highest BCUT2D eigenvalue weighted by Crippen LogP contribution is 2.36. The normalized spacial score (nSPS) is 12.0. The maximum absolute atomic E-state index is 12.1. The minimum Gasteiger partial charge on any atom is -0.481 e. The van der Waals surface area contributed by atoms with Gasteiger partial charge in [-0.05, 0) is 38.0 Å². The molecule has 0 aliphatic carbocycles. The molecule has 0 fully saturated rings. The van der Waals surface area contributed by atoms with Gasteiger partial charge in [0.1, 0.15) is 11.5 Å². The summed E-state index contributed by atoms with van der Waals surface area (Å²) in [7, 11) is 0. The Morgan fingerprint density at radius 1 is 1.06 bits per heavy atom. The standard InChI is InChI=1S/C20H21N3O8/c1-20(2,3)31-19(26)21-11-12-6-4-5-7-14(12)17(18(24)25)15-9-8-13(22(27)28)10-16(15)23(29)30/h4-10,17H,11H2,1-3H3,(H,21,26)(H,24,25). The molecule has 1 amide bonds. The number of nitrogens with zero attached hydrogens (tertiary/aromatic N) is 2. The smallest absolute Gasteiger partial charge is 0.407 e. The van der Waals surface area contributed by atoms with E-state index < -0.39 is 44.8 Å². The van der Waals surface area contributed by atoms with Gasteiger partial charge >= 0.3 is 12.1 Å². The van der Waals surface area contributed by atoms with Crippen molar-refractivity contribution in [3.8, 4) is 0 Å². The van der Waals surface area contributed by atoms with E-state index in [1.807, 2.05) is 0 Å². The molecule has 0 aliphatic rings. The van der Waals surface area contributed by atoms with Gasteiger partial charge in [0.2, 0.25) is 0 Å². The fraction of sp³-hybridized carbons (Fsp3) is 0.300. The number of ether oxygens (including phenoxy) is 1. The summed E-state index contributed by atoms with van der Waals surface area (Å²) in [6.07, 6.45) is -0.713. The molecule has 1 atom stereocenters. The molecule has 0 aliphatic heterocycles. The lowest BCUT2D eigenvalue weighted by molar-refractivity contribution is -0.394. The van der Waals surface area contributed by atoms with Gasteiger partial charge in [-0.2, -0.15) is 0 Å². The third-order valence-electron chi connectivity index (χ3n) is 4.17. The predicted molar refractivity (Wildman–Crippen MR) is 109 cm³/mol. The van der Waals surface area contributed by atoms with Crippen molar-refractivity contribution in [2.45, 2.75) is 38.8 Å². The second-order valence-corrected chi connectivity index (χ2v) is 7.58. The number of nitro groups is 2. The van der Waals surface area contributed by atoms with Gasteiger partial charge in [0.25, 0.3) is 11.4 Å². The minimum absolute atomic E-state index is 0.0877. The number of non-ortho nitro benzene ring substituents is 1. The fourth-order valence-corrected chi connectivity index (χ4v) is 2.94. The summed E-state index contributed by atoms with van der Waals surface area (Å²) in [5, 5.41) is 34.9. The first-order valence-corrected chi connectivity index (χ1v) is 9.11. The molecule has 0 saturated carbocycles. The summed E-state index contributed by atoms with van der Waals surface area (Å²) in [4.78, 5) is 44.9. The Hall–Kier alpha value is -4.02. The Labute approximate surface area is 176 Å². The van der Waals surface area contributed by atoms with Crippen molar-refractivity contribution in [2.24, 2.45) is 0 Å². The average molecular weight is 431 g/mol. The zero-order valence-corrected chi connectivity index (χ0v) is 17.0. The molecule has 0 aromatic heterocycles. The zero-order valence-electron chi connectivity index (χ0n) is 17.0. The highest BCUT2D eigenvalue weighted by molar-refractivity contribution is 5.83. The van der Waals surface area contributed by atoms with Crippen molar-refractivity contribution in [3.05, 3.63) is 79.4 Å². The Bertz CT molecular complexity index is 1030. The van der Waals surface area contributed by atoms with Crippen LogP contribution in [0.5, 0.6) is 0 Å². The first-order valence-electron chi connectivity index (χ1n) is 9.11. The SMILES string of the molecule is CC(C)(C)OC(=O)NCc1ccccc1C(C(=O)O)c1ccc([N+](=O)[O-])cc1[N+](=O)[O-]. The summed E-state index contributed by atoms with van der Waals surface area (Å²) in [6, 6.07) is 9.02. The van der Waals surface area contributed by atoms with E-state index in [9.17, 15) is 34.9 Å². The van der Waals surface area contributed by atoms with Gasteiger partial charge in [0.05, 0.1) is 15.9 Å². The Balaban J connectivity index is 2.48. The molecule has 2 rings (SSSR count). The third-order valence-corrected chi connectivity index (χ3v) is 4.17. The number of nitrogens with one attached hydrogen (secondary N) is 1. The van der Waals surface area contributed by atoms with Crippen molar-refractivity contribution >= 4 is 23.4 Å². The lowest BCUT2D eigenvalue weighted by atomic mass is 9.87. The number of alkyl carbamates (subject to hydrolysis) is 1. The molecule has 1 unspecified atom stereocenters. The van der Waals surface area contributed by atoms with Gasteiger partial charge in [0.15, 0.2) is 0 Å². The van der Waals surface area contributed by atoms with Crippen molar-refractivity contribution in [1.82, 2.24) is 5.32 Å². The summed E-state index contributed by atoms with van der Waals surface area (Å²) >= 11 is 0. The van der Waals surface area contributed by atoms with E-state index in [4.69, 9.17) is 4.74 Å². The van der Waals surface area contributed by atoms with Crippen LogP contribution in [-0.2, 0) is 16.1 Å². The molecule has 2 aromatic rings.